The third-order valence-corrected chi connectivity index (χ3v) is 2.74. The van der Waals surface area contributed by atoms with Crippen LogP contribution in [0.4, 0.5) is 0 Å². The molecule has 0 radical (unpaired) electrons. The summed E-state index contributed by atoms with van der Waals surface area (Å²) in [5.74, 6) is -1.03. The van der Waals surface area contributed by atoms with Gasteiger partial charge in [0, 0.05) is 12.5 Å². The quantitative estimate of drug-likeness (QED) is 0.607. The highest BCUT2D eigenvalue weighted by Crippen LogP contribution is 2.35. The lowest BCUT2D eigenvalue weighted by Gasteiger charge is -2.44. The minimum absolute atomic E-state index is 0.0542. The summed E-state index contributed by atoms with van der Waals surface area (Å²) >= 11 is 0. The van der Waals surface area contributed by atoms with Crippen molar-refractivity contribution in [3.05, 3.63) is 11.3 Å². The maximum Gasteiger partial charge on any atom is 0.352 e. The summed E-state index contributed by atoms with van der Waals surface area (Å²) in [6.07, 6.45) is 2.23. The van der Waals surface area contributed by atoms with E-state index < -0.39 is 5.97 Å². The molecule has 0 aromatic rings. The number of hydrogen-bond acceptors (Lipinski definition) is 2. The molecule has 1 amide bonds. The van der Waals surface area contributed by atoms with Gasteiger partial charge >= 0.3 is 5.97 Å². The van der Waals surface area contributed by atoms with Crippen molar-refractivity contribution in [1.29, 1.82) is 0 Å². The van der Waals surface area contributed by atoms with Crippen LogP contribution < -0.4 is 0 Å². The molecule has 0 bridgehead atoms. The van der Waals surface area contributed by atoms with Crippen molar-refractivity contribution < 1.29 is 14.7 Å². The van der Waals surface area contributed by atoms with Gasteiger partial charge in [-0.25, -0.2) is 4.79 Å². The molecule has 2 aliphatic heterocycles. The molecule has 1 fully saturated rings. The zero-order chi connectivity index (χ0) is 9.59. The second-order valence-corrected chi connectivity index (χ2v) is 3.59. The first-order chi connectivity index (χ1) is 6.11. The lowest BCUT2D eigenvalue weighted by molar-refractivity contribution is -0.150. The summed E-state index contributed by atoms with van der Waals surface area (Å²) in [4.78, 5) is 23.4. The van der Waals surface area contributed by atoms with E-state index >= 15 is 0 Å². The molecule has 2 aliphatic rings. The maximum atomic E-state index is 11.2. The van der Waals surface area contributed by atoms with Crippen molar-refractivity contribution in [2.45, 2.75) is 32.2 Å². The first kappa shape index (κ1) is 8.29. The fraction of sp³-hybridized carbons (Fsp3) is 0.556. The number of carbonyl (C=O) groups excluding carboxylic acids is 1. The molecule has 1 saturated heterocycles. The summed E-state index contributed by atoms with van der Waals surface area (Å²) < 4.78 is 0. The minimum atomic E-state index is -0.977. The average molecular weight is 181 g/mol. The van der Waals surface area contributed by atoms with Crippen LogP contribution in [-0.4, -0.2) is 27.9 Å². The Labute approximate surface area is 75.8 Å². The Kier molecular flexibility index (Phi) is 1.65. The first-order valence-electron chi connectivity index (χ1n) is 4.36. The van der Waals surface area contributed by atoms with E-state index in [0.717, 1.165) is 18.4 Å². The molecule has 1 atom stereocenters. The van der Waals surface area contributed by atoms with Gasteiger partial charge in [-0.3, -0.25) is 4.79 Å². The topological polar surface area (TPSA) is 57.6 Å². The van der Waals surface area contributed by atoms with Crippen LogP contribution in [0.2, 0.25) is 0 Å². The largest absolute Gasteiger partial charge is 0.477 e. The molecule has 2 heterocycles. The van der Waals surface area contributed by atoms with Gasteiger partial charge in [0.1, 0.15) is 5.70 Å². The van der Waals surface area contributed by atoms with Crippen LogP contribution in [0.5, 0.6) is 0 Å². The van der Waals surface area contributed by atoms with Gasteiger partial charge < -0.3 is 10.0 Å². The van der Waals surface area contributed by atoms with Crippen molar-refractivity contribution in [2.75, 3.05) is 0 Å². The number of carboxylic acids is 1. The summed E-state index contributed by atoms with van der Waals surface area (Å²) in [5.41, 5.74) is 1.03. The predicted octanol–water partition coefficient (Wildman–Crippen LogP) is 0.740. The molecule has 0 aliphatic carbocycles. The Bertz CT molecular complexity index is 319. The molecule has 2 rings (SSSR count). The summed E-state index contributed by atoms with van der Waals surface area (Å²) in [6.45, 7) is 1.78. The van der Waals surface area contributed by atoms with Gasteiger partial charge in [-0.1, -0.05) is 0 Å². The number of carboxylic acid groups (broad SMARTS) is 1. The molecule has 13 heavy (non-hydrogen) atoms. The van der Waals surface area contributed by atoms with Crippen molar-refractivity contribution in [3.8, 4) is 0 Å². The van der Waals surface area contributed by atoms with Crippen LogP contribution in [0.1, 0.15) is 26.2 Å². The molecule has 1 N–H and O–H groups in total. The van der Waals surface area contributed by atoms with E-state index in [0.29, 0.717) is 6.42 Å². The van der Waals surface area contributed by atoms with E-state index in [1.165, 1.54) is 4.90 Å². The number of allylic oxidation sites excluding steroid dienone is 1. The monoisotopic (exact) mass is 181 g/mol. The predicted molar refractivity (Wildman–Crippen MR) is 44.8 cm³/mol. The SMILES string of the molecule is CC1=C(C(=O)O)N2C(=O)C[C@H]2CC1. The van der Waals surface area contributed by atoms with Crippen LogP contribution >= 0.6 is 0 Å². The van der Waals surface area contributed by atoms with Crippen LogP contribution in [0.15, 0.2) is 11.3 Å². The second kappa shape index (κ2) is 2.58. The van der Waals surface area contributed by atoms with Crippen molar-refractivity contribution in [3.63, 3.8) is 0 Å². The van der Waals surface area contributed by atoms with Crippen molar-refractivity contribution >= 4 is 11.9 Å². The molecular weight excluding hydrogens is 170 g/mol. The zero-order valence-electron chi connectivity index (χ0n) is 7.41. The van der Waals surface area contributed by atoms with Gasteiger partial charge in [0.25, 0.3) is 0 Å². The number of fused-ring (bicyclic) bond motifs is 1. The van der Waals surface area contributed by atoms with Crippen molar-refractivity contribution in [1.82, 2.24) is 4.90 Å². The molecule has 0 saturated carbocycles. The second-order valence-electron chi connectivity index (χ2n) is 3.59. The Morgan fingerprint density at radius 2 is 2.31 bits per heavy atom. The van der Waals surface area contributed by atoms with Crippen LogP contribution in [-0.2, 0) is 9.59 Å². The standard InChI is InChI=1S/C9H11NO3/c1-5-2-3-6-4-7(11)10(6)8(5)9(12)13/h6H,2-4H2,1H3,(H,12,13)/t6-/m1/s1. The number of rotatable bonds is 1. The summed E-state index contributed by atoms with van der Waals surface area (Å²) in [6, 6.07) is 0.155. The lowest BCUT2D eigenvalue weighted by Crippen LogP contribution is -2.55. The van der Waals surface area contributed by atoms with Gasteiger partial charge in [-0.15, -0.1) is 0 Å². The Morgan fingerprint density at radius 3 is 2.77 bits per heavy atom. The molecular formula is C9H11NO3. The normalized spacial score (nSPS) is 27.0. The third-order valence-electron chi connectivity index (χ3n) is 2.74. The van der Waals surface area contributed by atoms with Crippen LogP contribution in [0.25, 0.3) is 0 Å². The van der Waals surface area contributed by atoms with E-state index in [1.807, 2.05) is 0 Å². The Morgan fingerprint density at radius 1 is 1.62 bits per heavy atom. The number of hydrogen-bond donors (Lipinski definition) is 1. The number of nitrogens with zero attached hydrogens (tertiary/aromatic N) is 1. The molecule has 0 spiro atoms. The lowest BCUT2D eigenvalue weighted by atomic mass is 9.88. The van der Waals surface area contributed by atoms with Gasteiger partial charge in [-0.2, -0.15) is 0 Å². The van der Waals surface area contributed by atoms with Crippen LogP contribution in [0, 0.1) is 0 Å². The summed E-state index contributed by atoms with van der Waals surface area (Å²) in [7, 11) is 0. The highest BCUT2D eigenvalue weighted by Gasteiger charge is 2.43. The first-order valence-corrected chi connectivity index (χ1v) is 4.36. The fourth-order valence-corrected chi connectivity index (χ4v) is 2.01. The smallest absolute Gasteiger partial charge is 0.352 e. The maximum absolute atomic E-state index is 11.2. The van der Waals surface area contributed by atoms with Gasteiger partial charge in [0.2, 0.25) is 5.91 Å². The third kappa shape index (κ3) is 1.05. The number of β-lactam (4-membered cyclic amide) rings is 1. The van der Waals surface area contributed by atoms with E-state index in [9.17, 15) is 9.59 Å². The average Bonchev–Trinajstić information content (AvgIpc) is 2.05. The van der Waals surface area contributed by atoms with E-state index in [1.54, 1.807) is 6.92 Å². The van der Waals surface area contributed by atoms with Gasteiger partial charge in [0.15, 0.2) is 0 Å². The molecule has 70 valence electrons. The van der Waals surface area contributed by atoms with Crippen molar-refractivity contribution in [2.24, 2.45) is 0 Å². The Hall–Kier alpha value is -1.32. The van der Waals surface area contributed by atoms with Gasteiger partial charge in [-0.05, 0) is 25.3 Å². The van der Waals surface area contributed by atoms with Crippen LogP contribution in [0.3, 0.4) is 0 Å². The molecule has 4 nitrogen and oxygen atoms in total. The number of amides is 1. The summed E-state index contributed by atoms with van der Waals surface area (Å²) in [5, 5.41) is 8.90. The molecule has 4 heteroatoms. The highest BCUT2D eigenvalue weighted by molar-refractivity contribution is 5.97. The number of carbonyl (C=O) groups is 2. The minimum Gasteiger partial charge on any atom is -0.477 e. The number of aliphatic carboxylic acids is 1. The highest BCUT2D eigenvalue weighted by atomic mass is 16.4. The molecule has 0 aromatic carbocycles. The Balaban J connectivity index is 2.37. The molecule has 0 aromatic heterocycles. The van der Waals surface area contributed by atoms with E-state index in [-0.39, 0.29) is 17.6 Å². The fourth-order valence-electron chi connectivity index (χ4n) is 2.01. The molecule has 0 unspecified atom stereocenters. The van der Waals surface area contributed by atoms with Gasteiger partial charge in [0.05, 0.1) is 0 Å². The zero-order valence-corrected chi connectivity index (χ0v) is 7.41. The van der Waals surface area contributed by atoms with E-state index in [4.69, 9.17) is 5.11 Å². The van der Waals surface area contributed by atoms with E-state index in [2.05, 4.69) is 0 Å².